The zero-order chi connectivity index (χ0) is 20.7. The summed E-state index contributed by atoms with van der Waals surface area (Å²) in [6.07, 6.45) is 6.04. The Hall–Kier alpha value is -2.25. The van der Waals surface area contributed by atoms with E-state index in [-0.39, 0.29) is 24.1 Å². The zero-order valence-corrected chi connectivity index (χ0v) is 17.3. The lowest BCUT2D eigenvalue weighted by Gasteiger charge is -2.51. The van der Waals surface area contributed by atoms with Crippen LogP contribution in [0.15, 0.2) is 18.2 Å². The molecule has 4 aliphatic rings. The third-order valence-corrected chi connectivity index (χ3v) is 7.79. The van der Waals surface area contributed by atoms with Gasteiger partial charge < -0.3 is 15.5 Å². The molecule has 3 N–H and O–H groups in total. The minimum atomic E-state index is -0.560. The maximum Gasteiger partial charge on any atom is 0.255 e. The summed E-state index contributed by atoms with van der Waals surface area (Å²) < 4.78 is 0. The van der Waals surface area contributed by atoms with Crippen LogP contribution in [0.4, 0.5) is 0 Å². The predicted molar refractivity (Wildman–Crippen MR) is 111 cm³/mol. The minimum Gasteiger partial charge on any atom is -0.322 e. The van der Waals surface area contributed by atoms with E-state index in [1.54, 1.807) is 4.90 Å². The Morgan fingerprint density at radius 1 is 1.17 bits per heavy atom. The quantitative estimate of drug-likeness (QED) is 0.637. The van der Waals surface area contributed by atoms with Crippen molar-refractivity contribution in [3.8, 4) is 0 Å². The molecular formula is C23H30N4O3. The summed E-state index contributed by atoms with van der Waals surface area (Å²) in [5.74, 6) is -0.0565. The molecule has 1 spiro atoms. The first-order valence-corrected chi connectivity index (χ1v) is 11.2. The van der Waals surface area contributed by atoms with Crippen molar-refractivity contribution in [1.82, 2.24) is 20.9 Å². The third-order valence-electron chi connectivity index (χ3n) is 7.79. The van der Waals surface area contributed by atoms with Gasteiger partial charge in [-0.25, -0.2) is 0 Å². The number of hydrogen-bond donors (Lipinski definition) is 3. The summed E-state index contributed by atoms with van der Waals surface area (Å²) in [4.78, 5) is 38.3. The Bertz CT molecular complexity index is 879. The fourth-order valence-electron chi connectivity index (χ4n) is 5.81. The Labute approximate surface area is 177 Å². The molecule has 1 aliphatic carbocycles. The van der Waals surface area contributed by atoms with Crippen LogP contribution in [-0.2, 0) is 22.7 Å². The van der Waals surface area contributed by atoms with Gasteiger partial charge in [-0.3, -0.25) is 19.7 Å². The molecule has 3 aliphatic heterocycles. The molecule has 1 saturated carbocycles. The number of benzene rings is 1. The van der Waals surface area contributed by atoms with Gasteiger partial charge in [0.15, 0.2) is 0 Å². The number of piperidine rings is 2. The average molecular weight is 411 g/mol. The normalized spacial score (nSPS) is 27.7. The van der Waals surface area contributed by atoms with Gasteiger partial charge in [0.05, 0.1) is 0 Å². The number of fused-ring (bicyclic) bond motifs is 1. The molecule has 0 aromatic heterocycles. The van der Waals surface area contributed by atoms with Gasteiger partial charge in [-0.2, -0.15) is 0 Å². The van der Waals surface area contributed by atoms with Crippen LogP contribution >= 0.6 is 0 Å². The molecule has 2 saturated heterocycles. The maximum absolute atomic E-state index is 13.0. The Kier molecular flexibility index (Phi) is 5.11. The Morgan fingerprint density at radius 3 is 2.80 bits per heavy atom. The molecular weight excluding hydrogens is 380 g/mol. The third kappa shape index (κ3) is 3.34. The van der Waals surface area contributed by atoms with E-state index in [9.17, 15) is 14.4 Å². The van der Waals surface area contributed by atoms with Crippen molar-refractivity contribution in [2.24, 2.45) is 11.3 Å². The summed E-state index contributed by atoms with van der Waals surface area (Å²) in [7, 11) is 0. The van der Waals surface area contributed by atoms with Crippen LogP contribution in [0.2, 0.25) is 0 Å². The van der Waals surface area contributed by atoms with Crippen LogP contribution in [0.3, 0.4) is 0 Å². The zero-order valence-electron chi connectivity index (χ0n) is 17.3. The van der Waals surface area contributed by atoms with E-state index in [0.717, 1.165) is 37.3 Å². The smallest absolute Gasteiger partial charge is 0.255 e. The molecule has 1 aromatic rings. The number of imide groups is 1. The summed E-state index contributed by atoms with van der Waals surface area (Å²) in [6.45, 7) is 4.38. The molecule has 1 aromatic carbocycles. The van der Waals surface area contributed by atoms with Crippen molar-refractivity contribution in [1.29, 1.82) is 0 Å². The van der Waals surface area contributed by atoms with Crippen molar-refractivity contribution < 1.29 is 14.4 Å². The second-order valence-corrected chi connectivity index (χ2v) is 9.34. The summed E-state index contributed by atoms with van der Waals surface area (Å²) in [5, 5.41) is 9.57. The van der Waals surface area contributed by atoms with Crippen molar-refractivity contribution in [2.45, 2.75) is 57.7 Å². The van der Waals surface area contributed by atoms with Gasteiger partial charge in [-0.1, -0.05) is 18.6 Å². The molecule has 0 radical (unpaired) electrons. The lowest BCUT2D eigenvalue weighted by molar-refractivity contribution is -0.136. The van der Waals surface area contributed by atoms with E-state index < -0.39 is 6.04 Å². The lowest BCUT2D eigenvalue weighted by Crippen LogP contribution is -2.52. The van der Waals surface area contributed by atoms with Gasteiger partial charge >= 0.3 is 0 Å². The fourth-order valence-corrected chi connectivity index (χ4v) is 5.81. The molecule has 7 heteroatoms. The largest absolute Gasteiger partial charge is 0.322 e. The number of carbonyl (C=O) groups is 3. The topological polar surface area (TPSA) is 90.5 Å². The predicted octanol–water partition coefficient (Wildman–Crippen LogP) is 1.32. The van der Waals surface area contributed by atoms with Gasteiger partial charge in [0.2, 0.25) is 11.8 Å². The van der Waals surface area contributed by atoms with Gasteiger partial charge in [0.25, 0.3) is 5.91 Å². The van der Waals surface area contributed by atoms with Crippen molar-refractivity contribution in [3.63, 3.8) is 0 Å². The number of carbonyl (C=O) groups excluding carboxylic acids is 3. The lowest BCUT2D eigenvalue weighted by atomic mass is 9.58. The van der Waals surface area contributed by atoms with Gasteiger partial charge in [-0.15, -0.1) is 0 Å². The first kappa shape index (κ1) is 19.7. The van der Waals surface area contributed by atoms with Crippen LogP contribution in [-0.4, -0.2) is 48.3 Å². The van der Waals surface area contributed by atoms with Gasteiger partial charge in [0, 0.05) is 31.6 Å². The summed E-state index contributed by atoms with van der Waals surface area (Å²) in [6, 6.07) is 5.29. The summed E-state index contributed by atoms with van der Waals surface area (Å²) in [5.41, 5.74) is 3.37. The van der Waals surface area contributed by atoms with Crippen molar-refractivity contribution in [2.75, 3.05) is 19.6 Å². The number of hydrogen-bond acceptors (Lipinski definition) is 5. The molecule has 7 nitrogen and oxygen atoms in total. The highest BCUT2D eigenvalue weighted by Gasteiger charge is 2.45. The maximum atomic E-state index is 13.0. The second kappa shape index (κ2) is 7.78. The number of nitrogens with one attached hydrogen (secondary N) is 3. The molecule has 2 atom stereocenters. The Morgan fingerprint density at radius 2 is 2.03 bits per heavy atom. The monoisotopic (exact) mass is 410 g/mol. The van der Waals surface area contributed by atoms with E-state index in [1.165, 1.54) is 25.7 Å². The van der Waals surface area contributed by atoms with E-state index >= 15 is 0 Å². The molecule has 3 amide bonds. The highest BCUT2D eigenvalue weighted by atomic mass is 16.2. The van der Waals surface area contributed by atoms with Crippen LogP contribution < -0.4 is 16.0 Å². The molecule has 160 valence electrons. The highest BCUT2D eigenvalue weighted by Crippen LogP contribution is 2.50. The summed E-state index contributed by atoms with van der Waals surface area (Å²) >= 11 is 0. The second-order valence-electron chi connectivity index (χ2n) is 9.34. The minimum absolute atomic E-state index is 0.105. The number of amides is 3. The molecule has 3 fully saturated rings. The fraction of sp³-hybridized carbons (Fsp3) is 0.609. The van der Waals surface area contributed by atoms with Crippen LogP contribution in [0.1, 0.15) is 60.0 Å². The first-order valence-electron chi connectivity index (χ1n) is 11.2. The molecule has 0 bridgehead atoms. The first-order chi connectivity index (χ1) is 14.6. The molecule has 30 heavy (non-hydrogen) atoms. The highest BCUT2D eigenvalue weighted by molar-refractivity contribution is 6.05. The number of nitrogens with zero attached hydrogens (tertiary/aromatic N) is 1. The Balaban J connectivity index is 1.25. The van der Waals surface area contributed by atoms with Crippen LogP contribution in [0, 0.1) is 11.3 Å². The van der Waals surface area contributed by atoms with Crippen LogP contribution in [0.5, 0.6) is 0 Å². The van der Waals surface area contributed by atoms with Crippen molar-refractivity contribution in [3.05, 3.63) is 34.9 Å². The molecule has 3 heterocycles. The SMILES string of the molecule is O=C1CCC(N2Cc3c(CNCC4CNCCC45CCC5)cccc3C2=O)C(=O)N1. The van der Waals surface area contributed by atoms with E-state index in [1.807, 2.05) is 12.1 Å². The van der Waals surface area contributed by atoms with E-state index in [0.29, 0.717) is 29.9 Å². The van der Waals surface area contributed by atoms with Crippen molar-refractivity contribution >= 4 is 17.7 Å². The van der Waals surface area contributed by atoms with E-state index in [2.05, 4.69) is 22.0 Å². The molecule has 2 unspecified atom stereocenters. The average Bonchev–Trinajstić information content (AvgIpc) is 3.05. The van der Waals surface area contributed by atoms with Crippen LogP contribution in [0.25, 0.3) is 0 Å². The van der Waals surface area contributed by atoms with Gasteiger partial charge in [-0.05, 0) is 67.3 Å². The standard InChI is InChI=1S/C23H30N4O3/c28-20-6-5-19(21(29)26-20)27-14-18-15(3-1-4-17(18)22(27)30)11-25-13-16-12-24-10-9-23(16)7-2-8-23/h1,3-4,16,19,24-25H,2,5-14H2,(H,26,28,29). The number of rotatable bonds is 5. The van der Waals surface area contributed by atoms with Gasteiger partial charge in [0.1, 0.15) is 6.04 Å². The van der Waals surface area contributed by atoms with E-state index in [4.69, 9.17) is 0 Å². The molecule has 5 rings (SSSR count).